The maximum Gasteiger partial charge on any atom is 0.253 e. The summed E-state index contributed by atoms with van der Waals surface area (Å²) in [5, 5.41) is 3.43. The smallest absolute Gasteiger partial charge is 0.253 e. The molecule has 0 bridgehead atoms. The minimum Gasteiger partial charge on any atom is -0.381 e. The number of carbonyl (C=O) groups excluding carboxylic acids is 1. The molecule has 1 aromatic carbocycles. The van der Waals surface area contributed by atoms with E-state index in [1.807, 2.05) is 6.07 Å². The third-order valence-corrected chi connectivity index (χ3v) is 4.05. The summed E-state index contributed by atoms with van der Waals surface area (Å²) >= 11 is 9.38. The number of nitrogens with one attached hydrogen (secondary N) is 1. The number of ether oxygens (including phenoxy) is 1. The standard InChI is InChI=1S/C12H13BrClNO2/c13-10-3-1-2-9(11(10)14)12(16)15-8-4-6-17-7-5-8/h1-3,8H,4-7H2,(H,15,16). The highest BCUT2D eigenvalue weighted by atomic mass is 79.9. The summed E-state index contributed by atoms with van der Waals surface area (Å²) in [5.74, 6) is -0.122. The molecule has 3 nitrogen and oxygen atoms in total. The largest absolute Gasteiger partial charge is 0.381 e. The number of amides is 1. The van der Waals surface area contributed by atoms with Crippen LogP contribution in [0.2, 0.25) is 5.02 Å². The molecule has 0 spiro atoms. The Hall–Kier alpha value is -0.580. The van der Waals surface area contributed by atoms with Gasteiger partial charge in [0.1, 0.15) is 0 Å². The molecule has 1 aliphatic heterocycles. The van der Waals surface area contributed by atoms with Crippen molar-refractivity contribution in [2.45, 2.75) is 18.9 Å². The number of carbonyl (C=O) groups is 1. The SMILES string of the molecule is O=C(NC1CCOCC1)c1cccc(Br)c1Cl. The van der Waals surface area contributed by atoms with Crippen LogP contribution in [0, 0.1) is 0 Å². The Balaban J connectivity index is 2.06. The average molecular weight is 319 g/mol. The summed E-state index contributed by atoms with van der Waals surface area (Å²) in [6.07, 6.45) is 1.72. The van der Waals surface area contributed by atoms with Crippen molar-refractivity contribution >= 4 is 33.4 Å². The molecule has 0 unspecified atom stereocenters. The molecule has 0 aliphatic carbocycles. The highest BCUT2D eigenvalue weighted by molar-refractivity contribution is 9.10. The molecule has 0 aromatic heterocycles. The second-order valence-corrected chi connectivity index (χ2v) is 5.19. The molecule has 1 amide bonds. The van der Waals surface area contributed by atoms with Crippen LogP contribution >= 0.6 is 27.5 Å². The fraction of sp³-hybridized carbons (Fsp3) is 0.417. The van der Waals surface area contributed by atoms with Crippen LogP contribution in [0.5, 0.6) is 0 Å². The van der Waals surface area contributed by atoms with Crippen LogP contribution in [0.4, 0.5) is 0 Å². The molecule has 0 radical (unpaired) electrons. The molecule has 1 aliphatic rings. The number of halogens is 2. The number of benzene rings is 1. The summed E-state index contributed by atoms with van der Waals surface area (Å²) < 4.78 is 5.98. The lowest BCUT2D eigenvalue weighted by Gasteiger charge is -2.23. The topological polar surface area (TPSA) is 38.3 Å². The van der Waals surface area contributed by atoms with Crippen molar-refractivity contribution in [2.24, 2.45) is 0 Å². The van der Waals surface area contributed by atoms with Crippen molar-refractivity contribution in [2.75, 3.05) is 13.2 Å². The van der Waals surface area contributed by atoms with E-state index in [1.54, 1.807) is 12.1 Å². The van der Waals surface area contributed by atoms with E-state index in [0.29, 0.717) is 23.8 Å². The lowest BCUT2D eigenvalue weighted by atomic mass is 10.1. The first-order valence-electron chi connectivity index (χ1n) is 5.51. The zero-order valence-corrected chi connectivity index (χ0v) is 11.6. The Labute approximate surface area is 114 Å². The van der Waals surface area contributed by atoms with E-state index in [4.69, 9.17) is 16.3 Å². The summed E-state index contributed by atoms with van der Waals surface area (Å²) in [6, 6.07) is 5.52. The summed E-state index contributed by atoms with van der Waals surface area (Å²) in [6.45, 7) is 1.41. The first kappa shape index (κ1) is 12.9. The second kappa shape index (κ2) is 5.85. The van der Waals surface area contributed by atoms with E-state index in [9.17, 15) is 4.79 Å². The van der Waals surface area contributed by atoms with Gasteiger partial charge in [0.2, 0.25) is 0 Å². The van der Waals surface area contributed by atoms with Crippen molar-refractivity contribution in [3.8, 4) is 0 Å². The third-order valence-electron chi connectivity index (χ3n) is 2.75. The third kappa shape index (κ3) is 3.21. The predicted octanol–water partition coefficient (Wildman–Crippen LogP) is 3.01. The van der Waals surface area contributed by atoms with Crippen LogP contribution in [-0.4, -0.2) is 25.2 Å². The lowest BCUT2D eigenvalue weighted by molar-refractivity contribution is 0.0696. The van der Waals surface area contributed by atoms with Crippen LogP contribution in [0.25, 0.3) is 0 Å². The molecule has 1 heterocycles. The van der Waals surface area contributed by atoms with Gasteiger partial charge in [0.05, 0.1) is 10.6 Å². The molecule has 5 heteroatoms. The summed E-state index contributed by atoms with van der Waals surface area (Å²) in [5.41, 5.74) is 0.507. The Morgan fingerprint density at radius 3 is 2.82 bits per heavy atom. The quantitative estimate of drug-likeness (QED) is 0.910. The van der Waals surface area contributed by atoms with Gasteiger partial charge in [-0.1, -0.05) is 17.7 Å². The molecule has 1 aromatic rings. The van der Waals surface area contributed by atoms with Gasteiger partial charge in [-0.25, -0.2) is 0 Å². The molecule has 17 heavy (non-hydrogen) atoms. The van der Waals surface area contributed by atoms with Crippen molar-refractivity contribution in [1.82, 2.24) is 5.32 Å². The zero-order valence-electron chi connectivity index (χ0n) is 9.21. The number of hydrogen-bond acceptors (Lipinski definition) is 2. The van der Waals surface area contributed by atoms with Crippen LogP contribution < -0.4 is 5.32 Å². The van der Waals surface area contributed by atoms with Gasteiger partial charge in [0.15, 0.2) is 0 Å². The molecule has 1 fully saturated rings. The van der Waals surface area contributed by atoms with E-state index in [0.717, 1.165) is 17.3 Å². The van der Waals surface area contributed by atoms with Gasteiger partial charge in [-0.2, -0.15) is 0 Å². The van der Waals surface area contributed by atoms with E-state index >= 15 is 0 Å². The molecule has 92 valence electrons. The Morgan fingerprint density at radius 2 is 2.12 bits per heavy atom. The minimum absolute atomic E-state index is 0.122. The minimum atomic E-state index is -0.122. The van der Waals surface area contributed by atoms with Crippen molar-refractivity contribution in [3.05, 3.63) is 33.3 Å². The van der Waals surface area contributed by atoms with Crippen LogP contribution in [0.1, 0.15) is 23.2 Å². The average Bonchev–Trinajstić information content (AvgIpc) is 2.34. The molecule has 0 saturated carbocycles. The molecule has 0 atom stereocenters. The highest BCUT2D eigenvalue weighted by Gasteiger charge is 2.19. The molecular weight excluding hydrogens is 305 g/mol. The number of hydrogen-bond donors (Lipinski definition) is 1. The molecule has 1 N–H and O–H groups in total. The zero-order chi connectivity index (χ0) is 12.3. The Bertz CT molecular complexity index is 419. The van der Waals surface area contributed by atoms with E-state index in [2.05, 4.69) is 21.2 Å². The van der Waals surface area contributed by atoms with E-state index in [1.165, 1.54) is 0 Å². The maximum absolute atomic E-state index is 12.0. The molecule has 2 rings (SSSR count). The van der Waals surface area contributed by atoms with Gasteiger partial charge in [-0.15, -0.1) is 0 Å². The normalized spacial score (nSPS) is 16.8. The molecule has 1 saturated heterocycles. The van der Waals surface area contributed by atoms with Gasteiger partial charge in [-0.05, 0) is 40.9 Å². The summed E-state index contributed by atoms with van der Waals surface area (Å²) in [4.78, 5) is 12.0. The van der Waals surface area contributed by atoms with E-state index < -0.39 is 0 Å². The fourth-order valence-corrected chi connectivity index (χ4v) is 2.36. The Kier molecular flexibility index (Phi) is 4.42. The van der Waals surface area contributed by atoms with Gasteiger partial charge >= 0.3 is 0 Å². The first-order chi connectivity index (χ1) is 8.18. The lowest BCUT2D eigenvalue weighted by Crippen LogP contribution is -2.39. The highest BCUT2D eigenvalue weighted by Crippen LogP contribution is 2.26. The van der Waals surface area contributed by atoms with Gasteiger partial charge in [0, 0.05) is 23.7 Å². The Morgan fingerprint density at radius 1 is 1.41 bits per heavy atom. The first-order valence-corrected chi connectivity index (χ1v) is 6.68. The second-order valence-electron chi connectivity index (χ2n) is 3.96. The number of rotatable bonds is 2. The predicted molar refractivity (Wildman–Crippen MR) is 70.5 cm³/mol. The van der Waals surface area contributed by atoms with Crippen LogP contribution in [0.15, 0.2) is 22.7 Å². The van der Waals surface area contributed by atoms with Crippen molar-refractivity contribution in [3.63, 3.8) is 0 Å². The summed E-state index contributed by atoms with van der Waals surface area (Å²) in [7, 11) is 0. The van der Waals surface area contributed by atoms with Crippen molar-refractivity contribution < 1.29 is 9.53 Å². The van der Waals surface area contributed by atoms with E-state index in [-0.39, 0.29) is 11.9 Å². The van der Waals surface area contributed by atoms with Crippen molar-refractivity contribution in [1.29, 1.82) is 0 Å². The van der Waals surface area contributed by atoms with Gasteiger partial charge in [-0.3, -0.25) is 4.79 Å². The van der Waals surface area contributed by atoms with Crippen LogP contribution in [-0.2, 0) is 4.74 Å². The molecular formula is C12H13BrClNO2. The monoisotopic (exact) mass is 317 g/mol. The van der Waals surface area contributed by atoms with Crippen LogP contribution in [0.3, 0.4) is 0 Å². The maximum atomic E-state index is 12.0. The van der Waals surface area contributed by atoms with Gasteiger partial charge in [0.25, 0.3) is 5.91 Å². The van der Waals surface area contributed by atoms with Gasteiger partial charge < -0.3 is 10.1 Å². The fourth-order valence-electron chi connectivity index (χ4n) is 1.78.